The molecule has 0 aliphatic carbocycles. The Hall–Kier alpha value is -0.870. The lowest BCUT2D eigenvalue weighted by molar-refractivity contribution is -0.130. The van der Waals surface area contributed by atoms with E-state index in [2.05, 4.69) is 40.0 Å². The minimum atomic E-state index is 0. The maximum absolute atomic E-state index is 12.1. The highest BCUT2D eigenvalue weighted by Gasteiger charge is 2.24. The Balaban J connectivity index is 0.00000320. The fourth-order valence-corrected chi connectivity index (χ4v) is 5.04. The number of thiophene rings is 1. The molecule has 0 radical (unpaired) electrons. The summed E-state index contributed by atoms with van der Waals surface area (Å²) in [7, 11) is 0. The third kappa shape index (κ3) is 8.00. The Labute approximate surface area is 202 Å². The summed E-state index contributed by atoms with van der Waals surface area (Å²) in [6.07, 6.45) is 7.63. The second-order valence-corrected chi connectivity index (χ2v) is 8.94. The minimum Gasteiger partial charge on any atom is -0.357 e. The number of nitrogens with one attached hydrogen (secondary N) is 2. The van der Waals surface area contributed by atoms with Crippen molar-refractivity contribution in [3.05, 3.63) is 22.4 Å². The molecule has 170 valence electrons. The molecule has 2 aliphatic rings. The number of guanidine groups is 1. The molecule has 30 heavy (non-hydrogen) atoms. The van der Waals surface area contributed by atoms with Crippen LogP contribution in [0.3, 0.4) is 0 Å². The predicted molar refractivity (Wildman–Crippen MR) is 137 cm³/mol. The number of carbonyl (C=O) groups excluding carboxylic acids is 1. The Morgan fingerprint density at radius 3 is 2.70 bits per heavy atom. The molecule has 0 saturated carbocycles. The van der Waals surface area contributed by atoms with Gasteiger partial charge in [0.05, 0.1) is 12.6 Å². The fraction of sp³-hybridized carbons (Fsp3) is 0.727. The second kappa shape index (κ2) is 14.2. The summed E-state index contributed by atoms with van der Waals surface area (Å²) < 4.78 is 0. The van der Waals surface area contributed by atoms with E-state index in [1.165, 1.54) is 37.2 Å². The number of carbonyl (C=O) groups is 1. The van der Waals surface area contributed by atoms with Crippen LogP contribution in [0.1, 0.15) is 62.8 Å². The first kappa shape index (κ1) is 25.4. The molecule has 1 atom stereocenters. The first-order valence-corrected chi connectivity index (χ1v) is 12.2. The third-order valence-electron chi connectivity index (χ3n) is 5.79. The van der Waals surface area contributed by atoms with Gasteiger partial charge in [-0.1, -0.05) is 12.5 Å². The predicted octanol–water partition coefficient (Wildman–Crippen LogP) is 3.85. The number of nitrogens with zero attached hydrogens (tertiary/aromatic N) is 3. The van der Waals surface area contributed by atoms with E-state index in [9.17, 15) is 4.79 Å². The zero-order valence-electron chi connectivity index (χ0n) is 18.3. The summed E-state index contributed by atoms with van der Waals surface area (Å²) in [5, 5.41) is 9.00. The van der Waals surface area contributed by atoms with Gasteiger partial charge in [-0.3, -0.25) is 14.7 Å². The van der Waals surface area contributed by atoms with Crippen molar-refractivity contribution in [3.8, 4) is 0 Å². The summed E-state index contributed by atoms with van der Waals surface area (Å²) in [6.45, 7) is 8.68. The van der Waals surface area contributed by atoms with Gasteiger partial charge in [0.15, 0.2) is 5.96 Å². The normalized spacial score (nSPS) is 19.3. The molecule has 2 fully saturated rings. The molecule has 2 saturated heterocycles. The largest absolute Gasteiger partial charge is 0.357 e. The average Bonchev–Trinajstić information content (AvgIpc) is 3.40. The smallest absolute Gasteiger partial charge is 0.222 e. The quantitative estimate of drug-likeness (QED) is 0.214. The van der Waals surface area contributed by atoms with Gasteiger partial charge in [0.1, 0.15) is 0 Å². The summed E-state index contributed by atoms with van der Waals surface area (Å²) in [5.74, 6) is 1.21. The summed E-state index contributed by atoms with van der Waals surface area (Å²) in [5.41, 5.74) is 0. The number of halogens is 1. The Morgan fingerprint density at radius 1 is 1.17 bits per heavy atom. The van der Waals surface area contributed by atoms with Gasteiger partial charge in [-0.15, -0.1) is 35.3 Å². The van der Waals surface area contributed by atoms with E-state index in [0.717, 1.165) is 64.4 Å². The monoisotopic (exact) mass is 547 g/mol. The van der Waals surface area contributed by atoms with Crippen molar-refractivity contribution in [2.45, 2.75) is 57.9 Å². The number of amides is 1. The minimum absolute atomic E-state index is 0. The summed E-state index contributed by atoms with van der Waals surface area (Å²) in [6, 6.07) is 4.75. The molecule has 8 heteroatoms. The molecule has 3 rings (SSSR count). The highest BCUT2D eigenvalue weighted by molar-refractivity contribution is 14.0. The maximum Gasteiger partial charge on any atom is 0.222 e. The molecule has 2 aliphatic heterocycles. The van der Waals surface area contributed by atoms with Crippen molar-refractivity contribution in [1.29, 1.82) is 0 Å². The van der Waals surface area contributed by atoms with Gasteiger partial charge in [0, 0.05) is 37.5 Å². The first-order valence-electron chi connectivity index (χ1n) is 11.4. The zero-order valence-corrected chi connectivity index (χ0v) is 21.4. The van der Waals surface area contributed by atoms with Crippen molar-refractivity contribution < 1.29 is 4.79 Å². The van der Waals surface area contributed by atoms with E-state index in [1.807, 2.05) is 16.2 Å². The topological polar surface area (TPSA) is 60.0 Å². The lowest BCUT2D eigenvalue weighted by atomic mass is 10.2. The molecule has 1 aromatic heterocycles. The Kier molecular flexibility index (Phi) is 12.1. The van der Waals surface area contributed by atoms with Crippen LogP contribution in [0.2, 0.25) is 0 Å². The average molecular weight is 548 g/mol. The zero-order chi connectivity index (χ0) is 20.3. The number of aliphatic imine (C=N–C) groups is 1. The van der Waals surface area contributed by atoms with E-state index in [4.69, 9.17) is 4.99 Å². The van der Waals surface area contributed by atoms with Crippen LogP contribution in [0.4, 0.5) is 0 Å². The fourth-order valence-electron chi connectivity index (χ4n) is 4.19. The summed E-state index contributed by atoms with van der Waals surface area (Å²) in [4.78, 5) is 23.1. The lowest BCUT2D eigenvalue weighted by Gasteiger charge is -2.25. The van der Waals surface area contributed by atoms with Gasteiger partial charge in [-0.05, 0) is 63.6 Å². The molecule has 1 aromatic rings. The summed E-state index contributed by atoms with van der Waals surface area (Å²) >= 11 is 1.83. The van der Waals surface area contributed by atoms with Gasteiger partial charge >= 0.3 is 0 Å². The highest BCUT2D eigenvalue weighted by Crippen LogP contribution is 2.28. The molecule has 0 aromatic carbocycles. The Bertz CT molecular complexity index is 633. The molecule has 3 heterocycles. The first-order chi connectivity index (χ1) is 14.3. The van der Waals surface area contributed by atoms with Crippen LogP contribution in [0.5, 0.6) is 0 Å². The van der Waals surface area contributed by atoms with Crippen molar-refractivity contribution in [2.24, 2.45) is 4.99 Å². The number of hydrogen-bond donors (Lipinski definition) is 2. The van der Waals surface area contributed by atoms with Crippen molar-refractivity contribution in [2.75, 3.05) is 45.8 Å². The molecule has 1 unspecified atom stereocenters. The second-order valence-electron chi connectivity index (χ2n) is 7.97. The highest BCUT2D eigenvalue weighted by atomic mass is 127. The van der Waals surface area contributed by atoms with E-state index in [0.29, 0.717) is 11.9 Å². The lowest BCUT2D eigenvalue weighted by Crippen LogP contribution is -2.40. The third-order valence-corrected chi connectivity index (χ3v) is 6.76. The van der Waals surface area contributed by atoms with Crippen LogP contribution < -0.4 is 10.6 Å². The molecule has 6 nitrogen and oxygen atoms in total. The molecule has 0 bridgehead atoms. The molecule has 1 amide bonds. The SMILES string of the molecule is CCNC(=NCC(c1cccs1)N1CCCC1)NCCCN1CCCCCC1=O.I. The van der Waals surface area contributed by atoms with Crippen LogP contribution in [-0.2, 0) is 4.79 Å². The van der Waals surface area contributed by atoms with E-state index < -0.39 is 0 Å². The van der Waals surface area contributed by atoms with Crippen LogP contribution in [0.15, 0.2) is 22.5 Å². The van der Waals surface area contributed by atoms with Gasteiger partial charge in [0.2, 0.25) is 5.91 Å². The van der Waals surface area contributed by atoms with E-state index in [-0.39, 0.29) is 24.0 Å². The molecular weight excluding hydrogens is 509 g/mol. The van der Waals surface area contributed by atoms with Crippen LogP contribution >= 0.6 is 35.3 Å². The van der Waals surface area contributed by atoms with Gasteiger partial charge in [-0.25, -0.2) is 0 Å². The molecule has 2 N–H and O–H groups in total. The van der Waals surface area contributed by atoms with Crippen LogP contribution in [-0.4, -0.2) is 67.5 Å². The van der Waals surface area contributed by atoms with Gasteiger partial charge in [-0.2, -0.15) is 0 Å². The van der Waals surface area contributed by atoms with Gasteiger partial charge in [0.25, 0.3) is 0 Å². The van der Waals surface area contributed by atoms with E-state index >= 15 is 0 Å². The van der Waals surface area contributed by atoms with Crippen LogP contribution in [0.25, 0.3) is 0 Å². The maximum atomic E-state index is 12.1. The van der Waals surface area contributed by atoms with Gasteiger partial charge < -0.3 is 15.5 Å². The van der Waals surface area contributed by atoms with E-state index in [1.54, 1.807) is 0 Å². The number of hydrogen-bond acceptors (Lipinski definition) is 4. The molecular formula is C22H38IN5OS. The molecule has 0 spiro atoms. The van der Waals surface area contributed by atoms with Crippen LogP contribution in [0, 0.1) is 0 Å². The van der Waals surface area contributed by atoms with Crippen molar-refractivity contribution >= 4 is 47.2 Å². The number of likely N-dealkylation sites (tertiary alicyclic amines) is 2. The number of rotatable bonds is 9. The standard InChI is InChI=1S/C22H37N5OS.HI/c1-2-23-22(24-12-9-16-27-15-5-3-4-11-21(27)28)25-18-19(20-10-8-17-29-20)26-13-6-7-14-26;/h8,10,17,19H,2-7,9,11-16,18H2,1H3,(H2,23,24,25);1H. The van der Waals surface area contributed by atoms with Crippen molar-refractivity contribution in [1.82, 2.24) is 20.4 Å². The Morgan fingerprint density at radius 2 is 1.97 bits per heavy atom. The van der Waals surface area contributed by atoms with Crippen molar-refractivity contribution in [3.63, 3.8) is 0 Å².